The van der Waals surface area contributed by atoms with Gasteiger partial charge in [0.1, 0.15) is 5.75 Å². The smallest absolute Gasteiger partial charge is 0.250 e. The molecule has 2 aromatic carbocycles. The molecular formula is C21H21Cl2N5O3S. The van der Waals surface area contributed by atoms with E-state index < -0.39 is 12.0 Å². The Bertz CT molecular complexity index is 1140. The van der Waals surface area contributed by atoms with Crippen LogP contribution in [0.5, 0.6) is 5.75 Å². The van der Waals surface area contributed by atoms with E-state index in [-0.39, 0.29) is 17.2 Å². The first-order valence-electron chi connectivity index (χ1n) is 9.66. The molecule has 0 bridgehead atoms. The summed E-state index contributed by atoms with van der Waals surface area (Å²) in [6.07, 6.45) is -0.438. The topological polar surface area (TPSA) is 112 Å². The average Bonchev–Trinajstić information content (AvgIpc) is 3.17. The molecule has 0 aliphatic heterocycles. The van der Waals surface area contributed by atoms with Crippen molar-refractivity contribution in [2.24, 2.45) is 5.73 Å². The van der Waals surface area contributed by atoms with Gasteiger partial charge >= 0.3 is 0 Å². The van der Waals surface area contributed by atoms with Crippen LogP contribution in [-0.2, 0) is 11.3 Å². The number of nitrogens with zero attached hydrogens (tertiary/aromatic N) is 3. The van der Waals surface area contributed by atoms with E-state index >= 15 is 0 Å². The van der Waals surface area contributed by atoms with Crippen molar-refractivity contribution in [3.8, 4) is 5.75 Å². The Kier molecular flexibility index (Phi) is 8.00. The van der Waals surface area contributed by atoms with Crippen molar-refractivity contribution in [3.63, 3.8) is 0 Å². The lowest BCUT2D eigenvalue weighted by molar-refractivity contribution is -0.113. The maximum Gasteiger partial charge on any atom is 0.250 e. The highest BCUT2D eigenvalue weighted by Gasteiger charge is 2.20. The molecule has 1 unspecified atom stereocenters. The number of carbonyl (C=O) groups excluding carboxylic acids is 2. The number of carbonyl (C=O) groups is 2. The Hall–Kier alpha value is -2.75. The lowest BCUT2D eigenvalue weighted by Crippen LogP contribution is -2.19. The zero-order valence-corrected chi connectivity index (χ0v) is 19.7. The van der Waals surface area contributed by atoms with E-state index in [4.69, 9.17) is 33.7 Å². The van der Waals surface area contributed by atoms with Crippen LogP contribution in [0.2, 0.25) is 10.0 Å². The van der Waals surface area contributed by atoms with Crippen LogP contribution in [0.15, 0.2) is 47.6 Å². The number of para-hydroxylation sites is 1. The second-order valence-corrected chi connectivity index (χ2v) is 8.45. The first kappa shape index (κ1) is 23.9. The molecule has 0 aliphatic rings. The standard InChI is InChI=1S/C21H21Cl2N5O3S/c1-3-28-20(12(2)31-17-9-8-13(22)10-15(17)23)26-27-21(28)32-11-18(29)25-16-7-5-4-6-14(16)19(24)30/h4-10,12H,3,11H2,1-2H3,(H2,24,30)(H,25,29). The summed E-state index contributed by atoms with van der Waals surface area (Å²) in [6, 6.07) is 11.6. The fourth-order valence-electron chi connectivity index (χ4n) is 2.94. The molecule has 3 rings (SSSR count). The first-order valence-corrected chi connectivity index (χ1v) is 11.4. The van der Waals surface area contributed by atoms with E-state index in [2.05, 4.69) is 15.5 Å². The monoisotopic (exact) mass is 493 g/mol. The first-order chi connectivity index (χ1) is 15.3. The molecule has 11 heteroatoms. The number of aromatic nitrogens is 3. The van der Waals surface area contributed by atoms with Gasteiger partial charge in [0.15, 0.2) is 17.1 Å². The van der Waals surface area contributed by atoms with Crippen LogP contribution in [0.3, 0.4) is 0 Å². The second kappa shape index (κ2) is 10.7. The van der Waals surface area contributed by atoms with Crippen LogP contribution in [0.25, 0.3) is 0 Å². The van der Waals surface area contributed by atoms with Crippen LogP contribution in [0, 0.1) is 0 Å². The molecule has 1 aromatic heterocycles. The van der Waals surface area contributed by atoms with Crippen molar-refractivity contribution >= 4 is 52.5 Å². The molecule has 0 radical (unpaired) electrons. The molecule has 3 aromatic rings. The van der Waals surface area contributed by atoms with Gasteiger partial charge in [-0.25, -0.2) is 0 Å². The molecule has 0 saturated heterocycles. The summed E-state index contributed by atoms with van der Waals surface area (Å²) in [5.41, 5.74) is 5.97. The van der Waals surface area contributed by atoms with Gasteiger partial charge in [-0.1, -0.05) is 47.1 Å². The minimum Gasteiger partial charge on any atom is -0.481 e. The number of halogens is 2. The number of benzene rings is 2. The molecular weight excluding hydrogens is 473 g/mol. The predicted molar refractivity (Wildman–Crippen MR) is 126 cm³/mol. The lowest BCUT2D eigenvalue weighted by Gasteiger charge is -2.16. The van der Waals surface area contributed by atoms with E-state index in [9.17, 15) is 9.59 Å². The predicted octanol–water partition coefficient (Wildman–Crippen LogP) is 4.57. The van der Waals surface area contributed by atoms with Gasteiger partial charge in [0.05, 0.1) is 22.0 Å². The number of ether oxygens (including phenoxy) is 1. The highest BCUT2D eigenvalue weighted by atomic mass is 35.5. The van der Waals surface area contributed by atoms with Crippen molar-refractivity contribution in [1.29, 1.82) is 0 Å². The number of nitrogens with one attached hydrogen (secondary N) is 1. The van der Waals surface area contributed by atoms with Gasteiger partial charge in [-0.05, 0) is 44.2 Å². The number of anilines is 1. The normalized spacial score (nSPS) is 11.8. The molecule has 1 heterocycles. The summed E-state index contributed by atoms with van der Waals surface area (Å²) in [4.78, 5) is 23.9. The zero-order chi connectivity index (χ0) is 23.3. The summed E-state index contributed by atoms with van der Waals surface area (Å²) in [5, 5.41) is 12.6. The van der Waals surface area contributed by atoms with Crippen molar-refractivity contribution in [1.82, 2.24) is 14.8 Å². The van der Waals surface area contributed by atoms with Crippen molar-refractivity contribution in [2.75, 3.05) is 11.1 Å². The van der Waals surface area contributed by atoms with Crippen LogP contribution in [0.4, 0.5) is 5.69 Å². The molecule has 168 valence electrons. The van der Waals surface area contributed by atoms with Gasteiger partial charge in [-0.3, -0.25) is 9.59 Å². The summed E-state index contributed by atoms with van der Waals surface area (Å²) in [6.45, 7) is 4.37. The van der Waals surface area contributed by atoms with Crippen LogP contribution >= 0.6 is 35.0 Å². The third kappa shape index (κ3) is 5.73. The molecule has 0 fully saturated rings. The maximum absolute atomic E-state index is 12.4. The lowest BCUT2D eigenvalue weighted by atomic mass is 10.1. The molecule has 0 spiro atoms. The summed E-state index contributed by atoms with van der Waals surface area (Å²) >= 11 is 13.3. The van der Waals surface area contributed by atoms with Gasteiger partial charge in [-0.15, -0.1) is 10.2 Å². The Morgan fingerprint density at radius 2 is 1.97 bits per heavy atom. The van der Waals surface area contributed by atoms with Crippen molar-refractivity contribution in [2.45, 2.75) is 31.7 Å². The van der Waals surface area contributed by atoms with Gasteiger partial charge in [0.25, 0.3) is 5.91 Å². The average molecular weight is 494 g/mol. The highest BCUT2D eigenvalue weighted by molar-refractivity contribution is 7.99. The molecule has 2 amide bonds. The van der Waals surface area contributed by atoms with E-state index in [0.717, 1.165) is 0 Å². The number of thioether (sulfide) groups is 1. The summed E-state index contributed by atoms with van der Waals surface area (Å²) in [7, 11) is 0. The van der Waals surface area contributed by atoms with Gasteiger partial charge in [-0.2, -0.15) is 0 Å². The number of rotatable bonds is 9. The molecule has 0 aliphatic carbocycles. The van der Waals surface area contributed by atoms with Crippen LogP contribution in [-0.4, -0.2) is 32.3 Å². The van der Waals surface area contributed by atoms with E-state index in [1.807, 2.05) is 18.4 Å². The Morgan fingerprint density at radius 1 is 1.22 bits per heavy atom. The fourth-order valence-corrected chi connectivity index (χ4v) is 4.20. The fraction of sp³-hybridized carbons (Fsp3) is 0.238. The second-order valence-electron chi connectivity index (χ2n) is 6.67. The van der Waals surface area contributed by atoms with Crippen molar-refractivity contribution in [3.05, 3.63) is 63.9 Å². The largest absolute Gasteiger partial charge is 0.481 e. The Morgan fingerprint density at radius 3 is 2.66 bits per heavy atom. The van der Waals surface area contributed by atoms with Crippen LogP contribution < -0.4 is 15.8 Å². The number of amides is 2. The van der Waals surface area contributed by atoms with Gasteiger partial charge < -0.3 is 20.4 Å². The van der Waals surface area contributed by atoms with E-state index in [0.29, 0.717) is 39.0 Å². The summed E-state index contributed by atoms with van der Waals surface area (Å²) < 4.78 is 7.80. The molecule has 3 N–H and O–H groups in total. The molecule has 0 saturated carbocycles. The number of primary amides is 1. The number of hydrogen-bond donors (Lipinski definition) is 2. The highest BCUT2D eigenvalue weighted by Crippen LogP contribution is 2.31. The van der Waals surface area contributed by atoms with Crippen molar-refractivity contribution < 1.29 is 14.3 Å². The van der Waals surface area contributed by atoms with Gasteiger partial charge in [0.2, 0.25) is 5.91 Å². The number of nitrogens with two attached hydrogens (primary N) is 1. The van der Waals surface area contributed by atoms with Crippen LogP contribution in [0.1, 0.15) is 36.1 Å². The van der Waals surface area contributed by atoms with E-state index in [1.54, 1.807) is 42.5 Å². The van der Waals surface area contributed by atoms with E-state index in [1.165, 1.54) is 11.8 Å². The third-order valence-electron chi connectivity index (χ3n) is 4.42. The SMILES string of the molecule is CCn1c(SCC(=O)Nc2ccccc2C(N)=O)nnc1C(C)Oc1ccc(Cl)cc1Cl. The van der Waals surface area contributed by atoms with Gasteiger partial charge in [0, 0.05) is 11.6 Å². The Labute approximate surface area is 199 Å². The molecule has 1 atom stereocenters. The minimum absolute atomic E-state index is 0.0729. The molecule has 8 nitrogen and oxygen atoms in total. The summed E-state index contributed by atoms with van der Waals surface area (Å²) in [5.74, 6) is 0.243. The number of hydrogen-bond acceptors (Lipinski definition) is 6. The molecule has 32 heavy (non-hydrogen) atoms. The quantitative estimate of drug-likeness (QED) is 0.422. The minimum atomic E-state index is -0.612. The zero-order valence-electron chi connectivity index (χ0n) is 17.3. The Balaban J connectivity index is 1.67. The maximum atomic E-state index is 12.4. The third-order valence-corrected chi connectivity index (χ3v) is 5.92.